The van der Waals surface area contributed by atoms with Gasteiger partial charge in [-0.25, -0.2) is 13.8 Å². The van der Waals surface area contributed by atoms with Crippen molar-refractivity contribution in [3.63, 3.8) is 0 Å². The molecule has 0 bridgehead atoms. The highest BCUT2D eigenvalue weighted by Gasteiger charge is 2.37. The van der Waals surface area contributed by atoms with Gasteiger partial charge in [0.05, 0.1) is 24.4 Å². The summed E-state index contributed by atoms with van der Waals surface area (Å²) in [5, 5.41) is 0. The lowest BCUT2D eigenvalue weighted by Gasteiger charge is -2.14. The van der Waals surface area contributed by atoms with Crippen molar-refractivity contribution in [2.45, 2.75) is 25.9 Å². The van der Waals surface area contributed by atoms with Crippen LogP contribution >= 0.6 is 0 Å². The number of hydrogen-bond acceptors (Lipinski definition) is 4. The number of rotatable bonds is 4. The average molecular weight is 298 g/mol. The fraction of sp³-hybridized carbons (Fsp3) is 0.455. The van der Waals surface area contributed by atoms with Crippen LogP contribution in [0.25, 0.3) is 0 Å². The molecule has 0 aliphatic carbocycles. The first-order valence-corrected chi connectivity index (χ1v) is 5.47. The summed E-state index contributed by atoms with van der Waals surface area (Å²) >= 11 is 0. The number of pyridine rings is 1. The van der Waals surface area contributed by atoms with E-state index in [4.69, 9.17) is 5.73 Å². The summed E-state index contributed by atoms with van der Waals surface area (Å²) in [5.41, 5.74) is 0.802. The number of anilines is 1. The van der Waals surface area contributed by atoms with Gasteiger partial charge in [-0.05, 0) is 13.0 Å². The van der Waals surface area contributed by atoms with Gasteiger partial charge in [0.2, 0.25) is 0 Å². The number of alkyl halides is 5. The van der Waals surface area contributed by atoms with E-state index in [1.54, 1.807) is 0 Å². The summed E-state index contributed by atoms with van der Waals surface area (Å²) in [6.07, 6.45) is -8.84. The summed E-state index contributed by atoms with van der Waals surface area (Å²) in [5.74, 6) is -0.863. The highest BCUT2D eigenvalue weighted by molar-refractivity contribution is 5.72. The van der Waals surface area contributed by atoms with Crippen molar-refractivity contribution < 1.29 is 31.5 Å². The summed E-state index contributed by atoms with van der Waals surface area (Å²) in [4.78, 5) is 14.3. The van der Waals surface area contributed by atoms with Crippen molar-refractivity contribution in [1.82, 2.24) is 4.98 Å². The zero-order valence-electron chi connectivity index (χ0n) is 10.3. The van der Waals surface area contributed by atoms with E-state index in [9.17, 15) is 26.7 Å². The van der Waals surface area contributed by atoms with Gasteiger partial charge in [0.25, 0.3) is 6.43 Å². The van der Waals surface area contributed by atoms with Gasteiger partial charge in [-0.1, -0.05) is 0 Å². The number of halogens is 5. The van der Waals surface area contributed by atoms with Gasteiger partial charge in [0.1, 0.15) is 0 Å². The maximum atomic E-state index is 12.7. The Morgan fingerprint density at radius 3 is 2.50 bits per heavy atom. The van der Waals surface area contributed by atoms with E-state index in [1.165, 1.54) is 6.92 Å². The quantitative estimate of drug-likeness (QED) is 0.685. The Hall–Kier alpha value is -1.93. The molecule has 0 saturated carbocycles. The Labute approximate surface area is 110 Å². The van der Waals surface area contributed by atoms with Crippen molar-refractivity contribution in [2.24, 2.45) is 0 Å². The van der Waals surface area contributed by atoms with E-state index < -0.39 is 47.6 Å². The number of ether oxygens (including phenoxy) is 1. The van der Waals surface area contributed by atoms with Crippen molar-refractivity contribution in [3.8, 4) is 0 Å². The molecule has 1 aromatic rings. The van der Waals surface area contributed by atoms with Crippen LogP contribution in [0.15, 0.2) is 6.07 Å². The molecular formula is C11H11F5N2O2. The van der Waals surface area contributed by atoms with Gasteiger partial charge in [-0.3, -0.25) is 4.79 Å². The maximum absolute atomic E-state index is 12.7. The number of carbonyl (C=O) groups is 1. The molecule has 20 heavy (non-hydrogen) atoms. The lowest BCUT2D eigenvalue weighted by Crippen LogP contribution is -2.17. The molecule has 1 heterocycles. The molecule has 9 heteroatoms. The lowest BCUT2D eigenvalue weighted by molar-refractivity contribution is -0.143. The van der Waals surface area contributed by atoms with E-state index in [0.29, 0.717) is 6.07 Å². The van der Waals surface area contributed by atoms with Crippen LogP contribution < -0.4 is 5.73 Å². The first kappa shape index (κ1) is 16.1. The molecule has 0 amide bonds. The Kier molecular flexibility index (Phi) is 4.85. The minimum absolute atomic E-state index is 0.0155. The topological polar surface area (TPSA) is 65.2 Å². The second kappa shape index (κ2) is 6.02. The molecule has 0 unspecified atom stereocenters. The number of nitrogen functional groups attached to an aromatic ring is 1. The van der Waals surface area contributed by atoms with Crippen molar-refractivity contribution in [3.05, 3.63) is 23.0 Å². The third-order valence-electron chi connectivity index (χ3n) is 2.28. The molecule has 4 nitrogen and oxygen atoms in total. The molecular weight excluding hydrogens is 287 g/mol. The fourth-order valence-electron chi connectivity index (χ4n) is 1.48. The molecule has 0 spiro atoms. The highest BCUT2D eigenvalue weighted by Crippen LogP contribution is 2.37. The fourth-order valence-corrected chi connectivity index (χ4v) is 1.48. The molecule has 0 atom stereocenters. The van der Waals surface area contributed by atoms with Gasteiger partial charge in [0, 0.05) is 5.56 Å². The van der Waals surface area contributed by atoms with E-state index >= 15 is 0 Å². The zero-order valence-corrected chi connectivity index (χ0v) is 10.3. The monoisotopic (exact) mass is 298 g/mol. The summed E-state index contributed by atoms with van der Waals surface area (Å²) in [7, 11) is 0. The Balaban J connectivity index is 3.26. The first-order valence-electron chi connectivity index (χ1n) is 5.47. The molecule has 0 aliphatic heterocycles. The molecule has 1 rings (SSSR count). The SMILES string of the molecule is CCOC(=O)Cc1cc(C(F)F)c(N)c(C(F)(F)F)n1. The van der Waals surface area contributed by atoms with E-state index in [0.717, 1.165) is 0 Å². The summed E-state index contributed by atoms with van der Waals surface area (Å²) < 4.78 is 67.8. The van der Waals surface area contributed by atoms with Crippen LogP contribution in [0.5, 0.6) is 0 Å². The second-order valence-corrected chi connectivity index (χ2v) is 3.75. The normalized spacial score (nSPS) is 11.8. The number of nitrogens with zero attached hydrogens (tertiary/aromatic N) is 1. The smallest absolute Gasteiger partial charge is 0.435 e. The van der Waals surface area contributed by atoms with Crippen molar-refractivity contribution in [2.75, 3.05) is 12.3 Å². The lowest BCUT2D eigenvalue weighted by atomic mass is 10.1. The van der Waals surface area contributed by atoms with Crippen LogP contribution in [0.4, 0.5) is 27.6 Å². The number of nitrogens with two attached hydrogens (primary N) is 1. The zero-order chi connectivity index (χ0) is 15.5. The molecule has 0 fully saturated rings. The Morgan fingerprint density at radius 1 is 1.45 bits per heavy atom. The second-order valence-electron chi connectivity index (χ2n) is 3.75. The molecule has 112 valence electrons. The number of hydrogen-bond donors (Lipinski definition) is 1. The standard InChI is InChI=1S/C11H11F5N2O2/c1-2-20-7(19)4-5-3-6(10(12)13)8(17)9(18-5)11(14,15)16/h3,10H,2,4,17H2,1H3. The molecule has 1 aromatic heterocycles. The van der Waals surface area contributed by atoms with Crippen LogP contribution in [0.1, 0.15) is 30.3 Å². The maximum Gasteiger partial charge on any atom is 0.435 e. The molecule has 2 N–H and O–H groups in total. The summed E-state index contributed by atoms with van der Waals surface area (Å²) in [6, 6.07) is 0.673. The minimum Gasteiger partial charge on any atom is -0.466 e. The van der Waals surface area contributed by atoms with Crippen molar-refractivity contribution in [1.29, 1.82) is 0 Å². The van der Waals surface area contributed by atoms with Gasteiger partial charge in [0.15, 0.2) is 5.69 Å². The summed E-state index contributed by atoms with van der Waals surface area (Å²) in [6.45, 7) is 1.52. The van der Waals surface area contributed by atoms with Crippen LogP contribution in [0.3, 0.4) is 0 Å². The molecule has 0 aliphatic rings. The largest absolute Gasteiger partial charge is 0.466 e. The predicted octanol–water partition coefficient (Wildman–Crippen LogP) is 2.73. The van der Waals surface area contributed by atoms with Crippen LogP contribution in [0, 0.1) is 0 Å². The van der Waals surface area contributed by atoms with Gasteiger partial charge < -0.3 is 10.5 Å². The minimum atomic E-state index is -4.99. The molecule has 0 aromatic carbocycles. The highest BCUT2D eigenvalue weighted by atomic mass is 19.4. The molecule has 0 saturated heterocycles. The first-order chi connectivity index (χ1) is 9.16. The third-order valence-corrected chi connectivity index (χ3v) is 2.28. The third kappa shape index (κ3) is 3.78. The number of aromatic nitrogens is 1. The van der Waals surface area contributed by atoms with Gasteiger partial charge in [-0.2, -0.15) is 13.2 Å². The van der Waals surface area contributed by atoms with Gasteiger partial charge >= 0.3 is 12.1 Å². The Morgan fingerprint density at radius 2 is 2.05 bits per heavy atom. The van der Waals surface area contributed by atoms with Crippen molar-refractivity contribution >= 4 is 11.7 Å². The number of esters is 1. The number of carbonyl (C=O) groups excluding carboxylic acids is 1. The predicted molar refractivity (Wildman–Crippen MR) is 58.9 cm³/mol. The average Bonchev–Trinajstić information content (AvgIpc) is 2.29. The molecule has 0 radical (unpaired) electrons. The Bertz CT molecular complexity index is 502. The van der Waals surface area contributed by atoms with Crippen LogP contribution in [-0.2, 0) is 22.1 Å². The van der Waals surface area contributed by atoms with E-state index in [1.807, 2.05) is 0 Å². The van der Waals surface area contributed by atoms with Crippen LogP contribution in [0.2, 0.25) is 0 Å². The van der Waals surface area contributed by atoms with Crippen LogP contribution in [-0.4, -0.2) is 17.6 Å². The van der Waals surface area contributed by atoms with Gasteiger partial charge in [-0.15, -0.1) is 0 Å². The van der Waals surface area contributed by atoms with E-state index in [-0.39, 0.29) is 6.61 Å². The van der Waals surface area contributed by atoms with E-state index in [2.05, 4.69) is 9.72 Å².